The lowest BCUT2D eigenvalue weighted by atomic mass is 10.0. The van der Waals surface area contributed by atoms with Crippen LogP contribution in [0.25, 0.3) is 0 Å². The van der Waals surface area contributed by atoms with Crippen molar-refractivity contribution in [1.29, 1.82) is 0 Å². The van der Waals surface area contributed by atoms with E-state index >= 15 is 0 Å². The number of aryl methyl sites for hydroxylation is 2. The fourth-order valence-corrected chi connectivity index (χ4v) is 6.92. The molecule has 0 saturated carbocycles. The minimum absolute atomic E-state index is 0.178. The van der Waals surface area contributed by atoms with Crippen LogP contribution < -0.4 is 4.57 Å². The average Bonchev–Trinajstić information content (AvgIpc) is 3.75. The molecule has 3 rings (SSSR count). The standard InChI is InChI=1S/C31H58NO3S.C7H8O3S/c1-2-3-4-5-6-7-8-9-10-11-12-13-15-18-22-33-26-30-25-31(35-27-30)28-34-23-19-16-14-17-20-32-21-24-36-29-32;1-6-2-4-7(5-3-6)11(8,9)10/h21,24,29-31H,2-20,22-23,25-28H2,1H3;2-5H,1H3,(H,8,9,10)/q+1;/p-1. The molecule has 1 aliphatic rings. The molecule has 9 heteroatoms. The van der Waals surface area contributed by atoms with E-state index in [0.29, 0.717) is 5.92 Å². The largest absolute Gasteiger partial charge is 0.744 e. The van der Waals surface area contributed by atoms with Gasteiger partial charge in [-0.15, -0.1) is 0 Å². The molecule has 0 bridgehead atoms. The molecular weight excluding hydrogens is 631 g/mol. The van der Waals surface area contributed by atoms with E-state index < -0.39 is 10.1 Å². The summed E-state index contributed by atoms with van der Waals surface area (Å²) >= 11 is 1.76. The van der Waals surface area contributed by atoms with Gasteiger partial charge in [-0.1, -0.05) is 126 Å². The molecule has 0 spiro atoms. The summed E-state index contributed by atoms with van der Waals surface area (Å²) in [5.41, 5.74) is 3.11. The third-order valence-electron chi connectivity index (χ3n) is 8.76. The van der Waals surface area contributed by atoms with Crippen molar-refractivity contribution in [2.75, 3.05) is 33.0 Å². The lowest BCUT2D eigenvalue weighted by Crippen LogP contribution is -2.29. The van der Waals surface area contributed by atoms with Crippen LogP contribution in [0.5, 0.6) is 0 Å². The van der Waals surface area contributed by atoms with Gasteiger partial charge in [-0.3, -0.25) is 0 Å². The first kappa shape index (κ1) is 41.8. The molecule has 0 aliphatic carbocycles. The van der Waals surface area contributed by atoms with E-state index in [1.807, 2.05) is 6.92 Å². The number of nitrogens with zero attached hydrogens (tertiary/aromatic N) is 1. The first-order valence-corrected chi connectivity index (χ1v) is 20.9. The SMILES string of the molecule is CCCCCCCCCCCCCCCCOCC1COC(COCCCCCC[n+]2ccsc2)C1.Cc1ccc(S(=O)(=O)[O-])cc1. The van der Waals surface area contributed by atoms with Gasteiger partial charge in [-0.05, 0) is 44.7 Å². The Hall–Kier alpha value is -1.36. The predicted octanol–water partition coefficient (Wildman–Crippen LogP) is 9.41. The summed E-state index contributed by atoms with van der Waals surface area (Å²) in [6.45, 7) is 9.49. The second kappa shape index (κ2) is 27.5. The van der Waals surface area contributed by atoms with Gasteiger partial charge < -0.3 is 18.8 Å². The summed E-state index contributed by atoms with van der Waals surface area (Å²) in [6.07, 6.45) is 28.2. The highest BCUT2D eigenvalue weighted by atomic mass is 32.2. The van der Waals surface area contributed by atoms with Crippen LogP contribution in [0, 0.1) is 12.8 Å². The molecule has 1 fully saturated rings. The molecule has 47 heavy (non-hydrogen) atoms. The van der Waals surface area contributed by atoms with Crippen molar-refractivity contribution in [1.82, 2.24) is 0 Å². The third kappa shape index (κ3) is 22.8. The quantitative estimate of drug-likeness (QED) is 0.0526. The Balaban J connectivity index is 0.000000587. The second-order valence-electron chi connectivity index (χ2n) is 13.2. The molecule has 1 aromatic heterocycles. The monoisotopic (exact) mass is 695 g/mol. The summed E-state index contributed by atoms with van der Waals surface area (Å²) in [5, 5.41) is 2.14. The molecule has 1 saturated heterocycles. The fraction of sp³-hybridized carbons (Fsp3) is 0.763. The maximum atomic E-state index is 10.4. The highest BCUT2D eigenvalue weighted by molar-refractivity contribution is 7.85. The summed E-state index contributed by atoms with van der Waals surface area (Å²) < 4.78 is 51.2. The molecule has 7 nitrogen and oxygen atoms in total. The number of ether oxygens (including phenoxy) is 3. The maximum Gasteiger partial charge on any atom is 0.224 e. The van der Waals surface area contributed by atoms with Crippen LogP contribution in [0.15, 0.2) is 46.2 Å². The molecule has 1 aromatic carbocycles. The first-order chi connectivity index (χ1) is 22.9. The molecule has 0 N–H and O–H groups in total. The number of benzene rings is 1. The highest BCUT2D eigenvalue weighted by Crippen LogP contribution is 2.21. The summed E-state index contributed by atoms with van der Waals surface area (Å²) in [5.74, 6) is 0.555. The normalized spacial score (nSPS) is 16.3. The minimum atomic E-state index is -4.27. The Morgan fingerprint density at radius 3 is 1.85 bits per heavy atom. The first-order valence-electron chi connectivity index (χ1n) is 18.6. The van der Waals surface area contributed by atoms with Crippen LogP contribution in [0.2, 0.25) is 0 Å². The lowest BCUT2D eigenvalue weighted by molar-refractivity contribution is -0.692. The Morgan fingerprint density at radius 2 is 1.32 bits per heavy atom. The summed E-state index contributed by atoms with van der Waals surface area (Å²) in [4.78, 5) is -0.178. The van der Waals surface area contributed by atoms with Crippen LogP contribution >= 0.6 is 11.3 Å². The van der Waals surface area contributed by atoms with Crippen LogP contribution in [0.1, 0.15) is 134 Å². The van der Waals surface area contributed by atoms with E-state index in [1.165, 1.54) is 121 Å². The lowest BCUT2D eigenvalue weighted by Gasteiger charge is -2.11. The van der Waals surface area contributed by atoms with Crippen molar-refractivity contribution in [3.63, 3.8) is 0 Å². The van der Waals surface area contributed by atoms with Crippen LogP contribution in [-0.2, 0) is 30.9 Å². The van der Waals surface area contributed by atoms with Gasteiger partial charge in [0.25, 0.3) is 0 Å². The van der Waals surface area contributed by atoms with Gasteiger partial charge in [0.15, 0.2) is 6.20 Å². The van der Waals surface area contributed by atoms with Gasteiger partial charge in [0, 0.05) is 25.6 Å². The van der Waals surface area contributed by atoms with Crippen LogP contribution in [-0.4, -0.2) is 52.1 Å². The van der Waals surface area contributed by atoms with Crippen molar-refractivity contribution >= 4 is 21.5 Å². The Labute approximate surface area is 291 Å². The maximum absolute atomic E-state index is 10.4. The Bertz CT molecular complexity index is 1080. The van der Waals surface area contributed by atoms with Crippen molar-refractivity contribution in [3.8, 4) is 0 Å². The van der Waals surface area contributed by atoms with Gasteiger partial charge in [0.05, 0.1) is 36.2 Å². The van der Waals surface area contributed by atoms with E-state index in [-0.39, 0.29) is 11.0 Å². The number of hydrogen-bond acceptors (Lipinski definition) is 7. The smallest absolute Gasteiger partial charge is 0.224 e. The molecule has 0 amide bonds. The molecule has 270 valence electrons. The Morgan fingerprint density at radius 1 is 0.787 bits per heavy atom. The fourth-order valence-electron chi connectivity index (χ4n) is 5.82. The topological polar surface area (TPSA) is 88.8 Å². The molecule has 2 unspecified atom stereocenters. The second-order valence-corrected chi connectivity index (χ2v) is 15.4. The zero-order chi connectivity index (χ0) is 33.8. The van der Waals surface area contributed by atoms with Crippen molar-refractivity contribution < 1.29 is 31.7 Å². The van der Waals surface area contributed by atoms with E-state index in [1.54, 1.807) is 23.5 Å². The molecular formula is C38H65NO6S2. The third-order valence-corrected chi connectivity index (χ3v) is 10.3. The average molecular weight is 696 g/mol. The van der Waals surface area contributed by atoms with E-state index in [9.17, 15) is 13.0 Å². The number of unbranched alkanes of at least 4 members (excludes halogenated alkanes) is 16. The highest BCUT2D eigenvalue weighted by Gasteiger charge is 2.25. The van der Waals surface area contributed by atoms with Gasteiger partial charge in [0.1, 0.15) is 16.7 Å². The number of aromatic nitrogens is 1. The number of hydrogen-bond donors (Lipinski definition) is 0. The van der Waals surface area contributed by atoms with Crippen LogP contribution in [0.4, 0.5) is 0 Å². The number of rotatable bonds is 27. The summed E-state index contributed by atoms with van der Waals surface area (Å²) in [6, 6.07) is 5.78. The van der Waals surface area contributed by atoms with Crippen molar-refractivity contribution in [2.45, 2.75) is 153 Å². The van der Waals surface area contributed by atoms with Gasteiger partial charge in [-0.2, -0.15) is 4.57 Å². The molecule has 2 atom stereocenters. The van der Waals surface area contributed by atoms with E-state index in [4.69, 9.17) is 14.2 Å². The molecule has 2 aromatic rings. The van der Waals surface area contributed by atoms with Crippen LogP contribution in [0.3, 0.4) is 0 Å². The zero-order valence-electron chi connectivity index (χ0n) is 29.6. The van der Waals surface area contributed by atoms with Gasteiger partial charge in [0.2, 0.25) is 5.51 Å². The van der Waals surface area contributed by atoms with Gasteiger partial charge in [-0.25, -0.2) is 8.42 Å². The van der Waals surface area contributed by atoms with E-state index in [2.05, 4.69) is 28.6 Å². The molecule has 1 aliphatic heterocycles. The molecule has 2 heterocycles. The minimum Gasteiger partial charge on any atom is -0.744 e. The Kier molecular flexibility index (Phi) is 24.4. The molecule has 0 radical (unpaired) electrons. The summed E-state index contributed by atoms with van der Waals surface area (Å²) in [7, 11) is -4.27. The van der Waals surface area contributed by atoms with E-state index in [0.717, 1.165) is 58.0 Å². The zero-order valence-corrected chi connectivity index (χ0v) is 31.2. The van der Waals surface area contributed by atoms with Crippen molar-refractivity contribution in [3.05, 3.63) is 46.9 Å². The predicted molar refractivity (Wildman–Crippen MR) is 192 cm³/mol. The van der Waals surface area contributed by atoms with Gasteiger partial charge >= 0.3 is 0 Å². The number of thiazole rings is 1. The van der Waals surface area contributed by atoms with Crippen molar-refractivity contribution in [2.24, 2.45) is 5.92 Å².